The molecule has 1 spiro atoms. The second-order valence-electron chi connectivity index (χ2n) is 5.58. The number of aliphatic hydroxyl groups excluding tert-OH is 1. The van der Waals surface area contributed by atoms with Gasteiger partial charge in [-0.15, -0.1) is 0 Å². The molecule has 5 nitrogen and oxygen atoms in total. The Kier molecular flexibility index (Phi) is 3.43. The van der Waals surface area contributed by atoms with Crippen LogP contribution in [0.5, 0.6) is 0 Å². The van der Waals surface area contributed by atoms with E-state index >= 15 is 0 Å². The van der Waals surface area contributed by atoms with Gasteiger partial charge in [-0.05, 0) is 25.3 Å². The molecular weight excluding hydrogens is 242 g/mol. The first-order chi connectivity index (χ1) is 9.22. The molecule has 0 unspecified atom stereocenters. The van der Waals surface area contributed by atoms with E-state index in [1.54, 1.807) is 6.20 Å². The highest BCUT2D eigenvalue weighted by Crippen LogP contribution is 2.49. The van der Waals surface area contributed by atoms with Crippen LogP contribution in [-0.2, 0) is 11.3 Å². The Morgan fingerprint density at radius 1 is 1.47 bits per heavy atom. The normalized spacial score (nSPS) is 29.1. The lowest BCUT2D eigenvalue weighted by Crippen LogP contribution is -2.64. The Morgan fingerprint density at radius 3 is 2.95 bits per heavy atom. The summed E-state index contributed by atoms with van der Waals surface area (Å²) < 4.78 is 5.41. The molecule has 1 aliphatic carbocycles. The minimum atomic E-state index is -0.194. The summed E-state index contributed by atoms with van der Waals surface area (Å²) in [6, 6.07) is 4.24. The quantitative estimate of drug-likeness (QED) is 0.747. The van der Waals surface area contributed by atoms with Gasteiger partial charge in [0.05, 0.1) is 6.10 Å². The van der Waals surface area contributed by atoms with Crippen molar-refractivity contribution in [2.75, 3.05) is 18.9 Å². The molecule has 2 atom stereocenters. The largest absolute Gasteiger partial charge is 0.392 e. The highest BCUT2D eigenvalue weighted by Gasteiger charge is 2.54. The molecule has 0 radical (unpaired) electrons. The first-order valence-electron chi connectivity index (χ1n) is 6.91. The van der Waals surface area contributed by atoms with Crippen molar-refractivity contribution >= 4 is 5.82 Å². The first kappa shape index (κ1) is 12.8. The van der Waals surface area contributed by atoms with E-state index in [4.69, 9.17) is 10.5 Å². The van der Waals surface area contributed by atoms with Crippen LogP contribution in [0.15, 0.2) is 18.3 Å². The van der Waals surface area contributed by atoms with Crippen LogP contribution in [0.4, 0.5) is 5.82 Å². The fourth-order valence-electron chi connectivity index (χ4n) is 3.32. The highest BCUT2D eigenvalue weighted by molar-refractivity contribution is 5.38. The molecule has 1 aromatic rings. The minimum absolute atomic E-state index is 0.00915. The third-order valence-electron chi connectivity index (χ3n) is 4.71. The molecule has 3 rings (SSSR count). The number of aliphatic hydroxyl groups is 1. The number of hydrogen-bond acceptors (Lipinski definition) is 5. The highest BCUT2D eigenvalue weighted by atomic mass is 16.5. The van der Waals surface area contributed by atoms with E-state index in [9.17, 15) is 5.11 Å². The van der Waals surface area contributed by atoms with Gasteiger partial charge in [0.25, 0.3) is 0 Å². The van der Waals surface area contributed by atoms with Crippen LogP contribution in [-0.4, -0.2) is 35.5 Å². The van der Waals surface area contributed by atoms with E-state index in [1.165, 1.54) is 0 Å². The average molecular weight is 263 g/mol. The maximum atomic E-state index is 10.1. The van der Waals surface area contributed by atoms with Crippen molar-refractivity contribution in [2.45, 2.75) is 38.0 Å². The van der Waals surface area contributed by atoms with Crippen LogP contribution in [0, 0.1) is 5.41 Å². The molecule has 104 valence electrons. The van der Waals surface area contributed by atoms with E-state index in [0.717, 1.165) is 38.0 Å². The third-order valence-corrected chi connectivity index (χ3v) is 4.71. The Labute approximate surface area is 113 Å². The van der Waals surface area contributed by atoms with Crippen molar-refractivity contribution in [2.24, 2.45) is 5.41 Å². The Hall–Kier alpha value is -1.17. The van der Waals surface area contributed by atoms with Gasteiger partial charge in [0.2, 0.25) is 0 Å². The Bertz CT molecular complexity index is 446. The van der Waals surface area contributed by atoms with E-state index < -0.39 is 0 Å². The van der Waals surface area contributed by atoms with Crippen molar-refractivity contribution in [1.29, 1.82) is 0 Å². The van der Waals surface area contributed by atoms with E-state index in [0.29, 0.717) is 18.4 Å². The number of aromatic nitrogens is 1. The first-order valence-corrected chi connectivity index (χ1v) is 6.91. The van der Waals surface area contributed by atoms with Gasteiger partial charge < -0.3 is 20.9 Å². The second-order valence-corrected chi connectivity index (χ2v) is 5.58. The van der Waals surface area contributed by atoms with E-state index in [2.05, 4.69) is 10.3 Å². The van der Waals surface area contributed by atoms with Crippen LogP contribution in [0.1, 0.15) is 24.8 Å². The number of ether oxygens (including phenoxy) is 1. The lowest BCUT2D eigenvalue weighted by atomic mass is 9.58. The van der Waals surface area contributed by atoms with Crippen molar-refractivity contribution < 1.29 is 9.84 Å². The molecule has 4 N–H and O–H groups in total. The van der Waals surface area contributed by atoms with Crippen LogP contribution < -0.4 is 11.1 Å². The van der Waals surface area contributed by atoms with Crippen LogP contribution >= 0.6 is 0 Å². The van der Waals surface area contributed by atoms with Crippen molar-refractivity contribution in [1.82, 2.24) is 10.3 Å². The lowest BCUT2D eigenvalue weighted by molar-refractivity contribution is -0.149. The van der Waals surface area contributed by atoms with Crippen molar-refractivity contribution in [3.8, 4) is 0 Å². The summed E-state index contributed by atoms with van der Waals surface area (Å²) in [6.07, 6.45) is 4.20. The summed E-state index contributed by atoms with van der Waals surface area (Å²) in [6.45, 7) is 2.22. The smallest absolute Gasteiger partial charge is 0.127 e. The Balaban J connectivity index is 1.63. The molecule has 19 heavy (non-hydrogen) atoms. The molecule has 2 aliphatic rings. The van der Waals surface area contributed by atoms with Crippen LogP contribution in [0.2, 0.25) is 0 Å². The monoisotopic (exact) mass is 263 g/mol. The van der Waals surface area contributed by atoms with Gasteiger partial charge in [-0.1, -0.05) is 6.07 Å². The zero-order valence-corrected chi connectivity index (χ0v) is 11.0. The van der Waals surface area contributed by atoms with Gasteiger partial charge in [0, 0.05) is 43.0 Å². The molecule has 0 aromatic carbocycles. The number of rotatable bonds is 3. The lowest BCUT2D eigenvalue weighted by Gasteiger charge is -2.56. The van der Waals surface area contributed by atoms with E-state index in [-0.39, 0.29) is 11.5 Å². The molecule has 1 saturated carbocycles. The zero-order chi connectivity index (χ0) is 13.3. The molecule has 1 aliphatic heterocycles. The second kappa shape index (κ2) is 5.07. The maximum absolute atomic E-state index is 10.1. The molecule has 0 bridgehead atoms. The number of hydrogen-bond donors (Lipinski definition) is 3. The predicted octanol–water partition coefficient (Wildman–Crippen LogP) is 0.683. The van der Waals surface area contributed by atoms with Gasteiger partial charge in [0.1, 0.15) is 5.82 Å². The summed E-state index contributed by atoms with van der Waals surface area (Å²) >= 11 is 0. The molecule has 5 heteroatoms. The maximum Gasteiger partial charge on any atom is 0.127 e. The number of anilines is 1. The van der Waals surface area contributed by atoms with E-state index in [1.807, 2.05) is 12.1 Å². The number of nitrogens with two attached hydrogens (primary N) is 1. The molecule has 0 amide bonds. The van der Waals surface area contributed by atoms with Gasteiger partial charge >= 0.3 is 0 Å². The summed E-state index contributed by atoms with van der Waals surface area (Å²) in [5.74, 6) is 0.580. The number of nitrogen functional groups attached to an aromatic ring is 1. The molecule has 1 aromatic heterocycles. The van der Waals surface area contributed by atoms with Crippen LogP contribution in [0.25, 0.3) is 0 Å². The van der Waals surface area contributed by atoms with Crippen molar-refractivity contribution in [3.63, 3.8) is 0 Å². The van der Waals surface area contributed by atoms with Gasteiger partial charge in [-0.25, -0.2) is 4.98 Å². The summed E-state index contributed by atoms with van der Waals surface area (Å²) in [7, 11) is 0. The number of nitrogens with one attached hydrogen (secondary N) is 1. The van der Waals surface area contributed by atoms with Gasteiger partial charge in [-0.2, -0.15) is 0 Å². The standard InChI is InChI=1S/C14H21N3O2/c15-13-10(2-1-5-16-13)9-17-11-8-12(18)14(11)3-6-19-7-4-14/h1-2,5,11-12,17-18H,3-4,6-9H2,(H2,15,16)/t11-,12-/m1/s1. The fourth-order valence-corrected chi connectivity index (χ4v) is 3.32. The number of nitrogens with zero attached hydrogens (tertiary/aromatic N) is 1. The zero-order valence-electron chi connectivity index (χ0n) is 11.0. The minimum Gasteiger partial charge on any atom is -0.392 e. The predicted molar refractivity (Wildman–Crippen MR) is 72.4 cm³/mol. The summed E-state index contributed by atoms with van der Waals surface area (Å²) in [5.41, 5.74) is 6.87. The average Bonchev–Trinajstić information content (AvgIpc) is 2.46. The molecule has 2 fully saturated rings. The fraction of sp³-hybridized carbons (Fsp3) is 0.643. The van der Waals surface area contributed by atoms with Crippen molar-refractivity contribution in [3.05, 3.63) is 23.9 Å². The number of pyridine rings is 1. The molecule has 2 heterocycles. The summed E-state index contributed by atoms with van der Waals surface area (Å²) in [5, 5.41) is 13.6. The van der Waals surface area contributed by atoms with Gasteiger partial charge in [0.15, 0.2) is 0 Å². The Morgan fingerprint density at radius 2 is 2.26 bits per heavy atom. The van der Waals surface area contributed by atoms with Crippen LogP contribution in [0.3, 0.4) is 0 Å². The summed E-state index contributed by atoms with van der Waals surface area (Å²) in [4.78, 5) is 4.09. The topological polar surface area (TPSA) is 80.4 Å². The van der Waals surface area contributed by atoms with Gasteiger partial charge in [-0.3, -0.25) is 0 Å². The molecule has 1 saturated heterocycles. The SMILES string of the molecule is Nc1ncccc1CN[C@@H]1C[C@@H](O)C12CCOCC2. The molecular formula is C14H21N3O2. The third kappa shape index (κ3) is 2.22.